The maximum Gasteiger partial charge on any atom is 0.230 e. The van der Waals surface area contributed by atoms with Crippen LogP contribution in [-0.2, 0) is 6.42 Å². The van der Waals surface area contributed by atoms with E-state index in [0.29, 0.717) is 11.8 Å². The predicted molar refractivity (Wildman–Crippen MR) is 87.2 cm³/mol. The van der Waals surface area contributed by atoms with Crippen LogP contribution in [0.25, 0.3) is 11.4 Å². The van der Waals surface area contributed by atoms with Crippen LogP contribution >= 0.6 is 0 Å². The number of aryl methyl sites for hydroxylation is 1. The molecule has 0 aliphatic carbocycles. The Morgan fingerprint density at radius 1 is 0.952 bits per heavy atom. The van der Waals surface area contributed by atoms with E-state index < -0.39 is 0 Å². The van der Waals surface area contributed by atoms with Crippen molar-refractivity contribution < 1.29 is 0 Å². The summed E-state index contributed by atoms with van der Waals surface area (Å²) in [5, 5.41) is 0. The number of rotatable bonds is 6. The molecular weight excluding hydrogens is 262 g/mol. The van der Waals surface area contributed by atoms with Crippen molar-refractivity contribution in [3.8, 4) is 11.4 Å². The summed E-state index contributed by atoms with van der Waals surface area (Å²) in [6, 6.07) is 8.34. The fourth-order valence-electron chi connectivity index (χ4n) is 2.27. The van der Waals surface area contributed by atoms with E-state index in [9.17, 15) is 0 Å². The highest BCUT2D eigenvalue weighted by Gasteiger charge is 2.11. The monoisotopic (exact) mass is 285 g/mol. The van der Waals surface area contributed by atoms with Crippen molar-refractivity contribution in [2.45, 2.75) is 33.6 Å². The average molecular weight is 285 g/mol. The first-order valence-electron chi connectivity index (χ1n) is 7.53. The first-order chi connectivity index (χ1) is 10.2. The highest BCUT2D eigenvalue weighted by molar-refractivity contribution is 5.58. The standard InChI is InChI=1S/C16H23N5/c1-4-7-12-8-10-13(11-9-12)14-18-15(17)20-16(19-14)21(5-2)6-3/h8-11H,4-7H2,1-3H3,(H2,17,18,19,20). The topological polar surface area (TPSA) is 67.9 Å². The number of benzene rings is 1. The molecule has 1 heterocycles. The lowest BCUT2D eigenvalue weighted by Gasteiger charge is -2.18. The Kier molecular flexibility index (Phi) is 5.09. The molecule has 0 aliphatic rings. The van der Waals surface area contributed by atoms with Crippen molar-refractivity contribution in [1.82, 2.24) is 15.0 Å². The smallest absolute Gasteiger partial charge is 0.230 e. The molecule has 21 heavy (non-hydrogen) atoms. The zero-order chi connectivity index (χ0) is 15.2. The van der Waals surface area contributed by atoms with Gasteiger partial charge in [-0.1, -0.05) is 37.6 Å². The highest BCUT2D eigenvalue weighted by atomic mass is 15.3. The molecule has 0 saturated carbocycles. The minimum Gasteiger partial charge on any atom is -0.368 e. The Morgan fingerprint density at radius 2 is 1.62 bits per heavy atom. The SMILES string of the molecule is CCCc1ccc(-c2nc(N)nc(N(CC)CC)n2)cc1. The third kappa shape index (κ3) is 3.68. The quantitative estimate of drug-likeness (QED) is 0.883. The predicted octanol–water partition coefficient (Wildman–Crippen LogP) is 2.92. The molecule has 0 radical (unpaired) electrons. The Hall–Kier alpha value is -2.17. The third-order valence-corrected chi connectivity index (χ3v) is 3.44. The molecule has 1 aromatic carbocycles. The first kappa shape index (κ1) is 15.2. The van der Waals surface area contributed by atoms with Gasteiger partial charge < -0.3 is 10.6 Å². The van der Waals surface area contributed by atoms with Gasteiger partial charge in [0.25, 0.3) is 0 Å². The number of hydrogen-bond acceptors (Lipinski definition) is 5. The minimum atomic E-state index is 0.263. The maximum atomic E-state index is 5.83. The Balaban J connectivity index is 2.34. The van der Waals surface area contributed by atoms with Crippen molar-refractivity contribution in [3.05, 3.63) is 29.8 Å². The molecule has 2 rings (SSSR count). The van der Waals surface area contributed by atoms with Crippen LogP contribution in [0.3, 0.4) is 0 Å². The molecule has 0 atom stereocenters. The van der Waals surface area contributed by atoms with Gasteiger partial charge >= 0.3 is 0 Å². The number of aromatic nitrogens is 3. The fraction of sp³-hybridized carbons (Fsp3) is 0.438. The number of anilines is 2. The van der Waals surface area contributed by atoms with Crippen molar-refractivity contribution in [1.29, 1.82) is 0 Å². The van der Waals surface area contributed by atoms with E-state index in [0.717, 1.165) is 31.5 Å². The van der Waals surface area contributed by atoms with Crippen LogP contribution in [0.1, 0.15) is 32.8 Å². The largest absolute Gasteiger partial charge is 0.368 e. The lowest BCUT2D eigenvalue weighted by Crippen LogP contribution is -2.25. The zero-order valence-corrected chi connectivity index (χ0v) is 13.0. The third-order valence-electron chi connectivity index (χ3n) is 3.44. The fourth-order valence-corrected chi connectivity index (χ4v) is 2.27. The van der Waals surface area contributed by atoms with Crippen LogP contribution < -0.4 is 10.6 Å². The summed E-state index contributed by atoms with van der Waals surface area (Å²) < 4.78 is 0. The van der Waals surface area contributed by atoms with Crippen LogP contribution in [0, 0.1) is 0 Å². The molecule has 5 nitrogen and oxygen atoms in total. The van der Waals surface area contributed by atoms with Gasteiger partial charge in [0, 0.05) is 18.7 Å². The van der Waals surface area contributed by atoms with Crippen LogP contribution in [0.4, 0.5) is 11.9 Å². The van der Waals surface area contributed by atoms with E-state index in [1.54, 1.807) is 0 Å². The molecule has 0 unspecified atom stereocenters. The second-order valence-electron chi connectivity index (χ2n) is 4.94. The van der Waals surface area contributed by atoms with Gasteiger partial charge in [0.05, 0.1) is 0 Å². The Labute approximate surface area is 126 Å². The first-order valence-corrected chi connectivity index (χ1v) is 7.53. The summed E-state index contributed by atoms with van der Waals surface area (Å²) in [4.78, 5) is 15.1. The molecule has 0 saturated heterocycles. The van der Waals surface area contributed by atoms with Gasteiger partial charge in [-0.15, -0.1) is 0 Å². The van der Waals surface area contributed by atoms with E-state index >= 15 is 0 Å². The number of nitrogens with two attached hydrogens (primary N) is 1. The number of nitrogens with zero attached hydrogens (tertiary/aromatic N) is 4. The number of nitrogen functional groups attached to an aromatic ring is 1. The lowest BCUT2D eigenvalue weighted by molar-refractivity contribution is 0.816. The highest BCUT2D eigenvalue weighted by Crippen LogP contribution is 2.19. The van der Waals surface area contributed by atoms with Gasteiger partial charge in [0.15, 0.2) is 5.82 Å². The molecule has 1 aromatic heterocycles. The van der Waals surface area contributed by atoms with E-state index in [4.69, 9.17) is 5.73 Å². The van der Waals surface area contributed by atoms with Crippen molar-refractivity contribution in [2.75, 3.05) is 23.7 Å². The summed E-state index contributed by atoms with van der Waals surface area (Å²) >= 11 is 0. The second-order valence-corrected chi connectivity index (χ2v) is 4.94. The lowest BCUT2D eigenvalue weighted by atomic mass is 10.1. The summed E-state index contributed by atoms with van der Waals surface area (Å²) in [5.74, 6) is 1.53. The molecule has 0 aliphatic heterocycles. The summed E-state index contributed by atoms with van der Waals surface area (Å²) in [7, 11) is 0. The molecule has 5 heteroatoms. The minimum absolute atomic E-state index is 0.263. The zero-order valence-electron chi connectivity index (χ0n) is 13.0. The molecule has 2 N–H and O–H groups in total. The Bertz CT molecular complexity index is 576. The number of hydrogen-bond donors (Lipinski definition) is 1. The van der Waals surface area contributed by atoms with Crippen LogP contribution in [0.15, 0.2) is 24.3 Å². The van der Waals surface area contributed by atoms with Gasteiger partial charge in [-0.25, -0.2) is 0 Å². The van der Waals surface area contributed by atoms with Gasteiger partial charge in [-0.05, 0) is 25.8 Å². The van der Waals surface area contributed by atoms with E-state index in [-0.39, 0.29) is 5.95 Å². The molecular formula is C16H23N5. The summed E-state index contributed by atoms with van der Waals surface area (Å²) in [5.41, 5.74) is 8.13. The van der Waals surface area contributed by atoms with Crippen LogP contribution in [-0.4, -0.2) is 28.0 Å². The molecule has 2 aromatic rings. The van der Waals surface area contributed by atoms with Crippen molar-refractivity contribution >= 4 is 11.9 Å². The molecule has 0 bridgehead atoms. The second kappa shape index (κ2) is 7.02. The van der Waals surface area contributed by atoms with Crippen molar-refractivity contribution in [2.24, 2.45) is 0 Å². The van der Waals surface area contributed by atoms with Gasteiger partial charge in [-0.3, -0.25) is 0 Å². The van der Waals surface area contributed by atoms with E-state index in [1.807, 2.05) is 12.1 Å². The summed E-state index contributed by atoms with van der Waals surface area (Å²) in [6.45, 7) is 8.01. The van der Waals surface area contributed by atoms with Crippen LogP contribution in [0.2, 0.25) is 0 Å². The maximum absolute atomic E-state index is 5.83. The molecule has 0 spiro atoms. The normalized spacial score (nSPS) is 10.6. The van der Waals surface area contributed by atoms with E-state index in [2.05, 4.69) is 52.8 Å². The molecule has 0 fully saturated rings. The Morgan fingerprint density at radius 3 is 2.19 bits per heavy atom. The van der Waals surface area contributed by atoms with Gasteiger partial charge in [-0.2, -0.15) is 15.0 Å². The molecule has 112 valence electrons. The summed E-state index contributed by atoms with van der Waals surface area (Å²) in [6.07, 6.45) is 2.23. The van der Waals surface area contributed by atoms with E-state index in [1.165, 1.54) is 5.56 Å². The van der Waals surface area contributed by atoms with Gasteiger partial charge in [0.2, 0.25) is 11.9 Å². The van der Waals surface area contributed by atoms with Crippen LogP contribution in [0.5, 0.6) is 0 Å². The average Bonchev–Trinajstić information content (AvgIpc) is 2.49. The molecule has 0 amide bonds. The van der Waals surface area contributed by atoms with Crippen molar-refractivity contribution in [3.63, 3.8) is 0 Å². The van der Waals surface area contributed by atoms with Gasteiger partial charge in [0.1, 0.15) is 0 Å².